The maximum absolute atomic E-state index is 12.3. The molecule has 2 rings (SSSR count). The number of carbonyl (C=O) groups is 1. The molecule has 8 heteroatoms. The van der Waals surface area contributed by atoms with Crippen LogP contribution in [0.5, 0.6) is 0 Å². The topological polar surface area (TPSA) is 72.5 Å². The Bertz CT molecular complexity index is 770. The van der Waals surface area contributed by atoms with Gasteiger partial charge in [0.1, 0.15) is 24.4 Å². The fourth-order valence-corrected chi connectivity index (χ4v) is 8.62. The Hall–Kier alpha value is -0.380. The molecule has 0 aromatic carbocycles. The fraction of sp³-hybridized carbons (Fsp3) is 0.975. The molecule has 2 fully saturated rings. The monoisotopic (exact) mass is 701 g/mol. The Morgan fingerprint density at radius 2 is 1.10 bits per heavy atom. The van der Waals surface area contributed by atoms with Crippen molar-refractivity contribution in [2.45, 2.75) is 216 Å². The van der Waals surface area contributed by atoms with Crippen molar-refractivity contribution < 1.29 is 33.2 Å². The zero-order valence-electron chi connectivity index (χ0n) is 32.0. The van der Waals surface area contributed by atoms with Gasteiger partial charge in [-0.1, -0.05) is 135 Å². The zero-order chi connectivity index (χ0) is 34.7. The first kappa shape index (κ1) is 43.8. The number of cyclic esters (lactones) is 1. The molecule has 2 aliphatic rings. The minimum Gasteiger partial charge on any atom is -0.462 e. The summed E-state index contributed by atoms with van der Waals surface area (Å²) < 4.78 is 34.7. The molecule has 0 aromatic heterocycles. The van der Waals surface area contributed by atoms with Crippen molar-refractivity contribution in [3.05, 3.63) is 0 Å². The van der Waals surface area contributed by atoms with Gasteiger partial charge in [-0.3, -0.25) is 4.79 Å². The molecule has 284 valence electrons. The number of thioether (sulfide) groups is 1. The minimum atomic E-state index is -0.286. The molecule has 48 heavy (non-hydrogen) atoms. The minimum absolute atomic E-state index is 0.00930. The summed E-state index contributed by atoms with van der Waals surface area (Å²) in [6.07, 6.45) is 34.4. The molecule has 0 saturated carbocycles. The van der Waals surface area contributed by atoms with Crippen LogP contribution >= 0.6 is 11.8 Å². The van der Waals surface area contributed by atoms with Crippen molar-refractivity contribution in [1.82, 2.24) is 0 Å². The second-order valence-electron chi connectivity index (χ2n) is 14.7. The highest BCUT2D eigenvalue weighted by Gasteiger charge is 2.46. The van der Waals surface area contributed by atoms with Crippen LogP contribution in [0.2, 0.25) is 0 Å². The van der Waals surface area contributed by atoms with E-state index in [2.05, 4.69) is 13.2 Å². The Labute approximate surface area is 300 Å². The predicted molar refractivity (Wildman–Crippen MR) is 200 cm³/mol. The van der Waals surface area contributed by atoms with Crippen molar-refractivity contribution in [3.8, 4) is 0 Å². The van der Waals surface area contributed by atoms with Crippen molar-refractivity contribution in [1.29, 1.82) is 0 Å². The van der Waals surface area contributed by atoms with Gasteiger partial charge in [0.05, 0.1) is 24.4 Å². The lowest BCUT2D eigenvalue weighted by Gasteiger charge is -2.27. The molecule has 0 unspecified atom stereocenters. The first-order valence-electron chi connectivity index (χ1n) is 20.1. The van der Waals surface area contributed by atoms with E-state index >= 15 is 0 Å². The van der Waals surface area contributed by atoms with Gasteiger partial charge in [-0.05, 0) is 45.3 Å². The van der Waals surface area contributed by atoms with E-state index in [9.17, 15) is 4.79 Å². The molecule has 0 bridgehead atoms. The second-order valence-corrected chi connectivity index (χ2v) is 15.9. The van der Waals surface area contributed by atoms with Crippen molar-refractivity contribution in [2.75, 3.05) is 34.1 Å². The van der Waals surface area contributed by atoms with E-state index in [-0.39, 0.29) is 41.2 Å². The first-order chi connectivity index (χ1) is 23.5. The molecule has 2 heterocycles. The summed E-state index contributed by atoms with van der Waals surface area (Å²) in [4.78, 5) is 12.3. The van der Waals surface area contributed by atoms with Crippen LogP contribution in [0.4, 0.5) is 0 Å². The SMILES string of the molecule is CCCCCCCCCCCC[C@@H](OCOC)[C@H]1CC[C@H]([C@@H](CCCCCCCCCCCC[C@@]2(SC)C[C@H](C)OC2=O)OCOC)O1. The lowest BCUT2D eigenvalue weighted by molar-refractivity contribution is -0.159. The van der Waals surface area contributed by atoms with Crippen LogP contribution in [-0.2, 0) is 33.2 Å². The Morgan fingerprint density at radius 3 is 1.48 bits per heavy atom. The Balaban J connectivity index is 1.57. The van der Waals surface area contributed by atoms with Gasteiger partial charge in [0.2, 0.25) is 0 Å². The smallest absolute Gasteiger partial charge is 0.322 e. The maximum Gasteiger partial charge on any atom is 0.322 e. The molecular formula is C40H76O7S. The summed E-state index contributed by atoms with van der Waals surface area (Å²) in [5, 5.41) is 0. The third-order valence-electron chi connectivity index (χ3n) is 10.6. The summed E-state index contributed by atoms with van der Waals surface area (Å²) in [6, 6.07) is 0. The molecule has 0 spiro atoms. The highest BCUT2D eigenvalue weighted by Crippen LogP contribution is 2.41. The van der Waals surface area contributed by atoms with Gasteiger partial charge in [-0.15, -0.1) is 11.8 Å². The largest absolute Gasteiger partial charge is 0.462 e. The fourth-order valence-electron chi connectivity index (χ4n) is 7.66. The van der Waals surface area contributed by atoms with Crippen molar-refractivity contribution >= 4 is 17.7 Å². The van der Waals surface area contributed by atoms with Crippen LogP contribution in [0.15, 0.2) is 0 Å². The number of esters is 1. The average molecular weight is 701 g/mol. The summed E-state index contributed by atoms with van der Waals surface area (Å²) in [7, 11) is 3.40. The van der Waals surface area contributed by atoms with E-state index in [1.165, 1.54) is 122 Å². The normalized spacial score (nSPS) is 23.9. The second kappa shape index (κ2) is 28.2. The third-order valence-corrected chi connectivity index (χ3v) is 11.9. The van der Waals surface area contributed by atoms with Crippen LogP contribution < -0.4 is 0 Å². The molecule has 7 nitrogen and oxygen atoms in total. The molecule has 2 saturated heterocycles. The van der Waals surface area contributed by atoms with Crippen LogP contribution in [0.3, 0.4) is 0 Å². The number of unbranched alkanes of at least 4 members (excludes halogenated alkanes) is 18. The van der Waals surface area contributed by atoms with Crippen LogP contribution in [-0.4, -0.2) is 75.3 Å². The molecular weight excluding hydrogens is 625 g/mol. The van der Waals surface area contributed by atoms with Gasteiger partial charge in [-0.25, -0.2) is 0 Å². The van der Waals surface area contributed by atoms with Crippen LogP contribution in [0, 0.1) is 0 Å². The maximum atomic E-state index is 12.3. The average Bonchev–Trinajstić information content (AvgIpc) is 3.69. The van der Waals surface area contributed by atoms with E-state index in [1.54, 1.807) is 26.0 Å². The van der Waals surface area contributed by atoms with E-state index in [0.717, 1.165) is 44.9 Å². The molecule has 0 aromatic rings. The predicted octanol–water partition coefficient (Wildman–Crippen LogP) is 10.9. The number of hydrogen-bond donors (Lipinski definition) is 0. The number of rotatable bonds is 33. The van der Waals surface area contributed by atoms with E-state index in [4.69, 9.17) is 28.4 Å². The van der Waals surface area contributed by atoms with Crippen molar-refractivity contribution in [3.63, 3.8) is 0 Å². The lowest BCUT2D eigenvalue weighted by atomic mass is 9.96. The standard InChI is InChI=1S/C40H76O7S/c1-6-7-8-9-10-11-14-17-20-23-26-35(44-32-42-3)37-28-29-38(47-37)36(45-33-43-4)27-24-21-18-15-12-13-16-19-22-25-30-40(48-5)31-34(2)46-39(40)41/h34-38H,6-33H2,1-5H3/t34-,35+,36+,37+,38+,40+/m0/s1. The van der Waals surface area contributed by atoms with Gasteiger partial charge in [0.25, 0.3) is 0 Å². The molecule has 0 amide bonds. The molecule has 6 atom stereocenters. The summed E-state index contributed by atoms with van der Waals surface area (Å²) in [5.41, 5.74) is 0. The van der Waals surface area contributed by atoms with E-state index in [1.807, 2.05) is 6.92 Å². The molecule has 0 aliphatic carbocycles. The Kier molecular flexibility index (Phi) is 25.8. The van der Waals surface area contributed by atoms with E-state index < -0.39 is 0 Å². The summed E-state index contributed by atoms with van der Waals surface area (Å²) >= 11 is 1.69. The molecule has 2 aliphatic heterocycles. The number of hydrogen-bond acceptors (Lipinski definition) is 8. The summed E-state index contributed by atoms with van der Waals surface area (Å²) in [5.74, 6) is 0.00930. The molecule has 0 radical (unpaired) electrons. The summed E-state index contributed by atoms with van der Waals surface area (Å²) in [6.45, 7) is 4.94. The van der Waals surface area contributed by atoms with Gasteiger partial charge >= 0.3 is 5.97 Å². The third kappa shape index (κ3) is 18.2. The zero-order valence-corrected chi connectivity index (χ0v) is 32.8. The van der Waals surface area contributed by atoms with E-state index in [0.29, 0.717) is 13.6 Å². The van der Waals surface area contributed by atoms with Gasteiger partial charge in [0, 0.05) is 20.6 Å². The van der Waals surface area contributed by atoms with Crippen LogP contribution in [0.25, 0.3) is 0 Å². The van der Waals surface area contributed by atoms with Crippen LogP contribution in [0.1, 0.15) is 181 Å². The quantitative estimate of drug-likeness (QED) is 0.0381. The van der Waals surface area contributed by atoms with Gasteiger partial charge in [0.15, 0.2) is 0 Å². The first-order valence-corrected chi connectivity index (χ1v) is 21.3. The lowest BCUT2D eigenvalue weighted by Crippen LogP contribution is -2.34. The van der Waals surface area contributed by atoms with Gasteiger partial charge in [-0.2, -0.15) is 0 Å². The highest BCUT2D eigenvalue weighted by atomic mass is 32.2. The Morgan fingerprint density at radius 1 is 0.688 bits per heavy atom. The number of methoxy groups -OCH3 is 2. The number of ether oxygens (including phenoxy) is 6. The van der Waals surface area contributed by atoms with Crippen molar-refractivity contribution in [2.24, 2.45) is 0 Å². The van der Waals surface area contributed by atoms with Gasteiger partial charge < -0.3 is 28.4 Å². The highest BCUT2D eigenvalue weighted by molar-refractivity contribution is 8.00. The molecule has 0 N–H and O–H groups in total. The number of carbonyl (C=O) groups excluding carboxylic acids is 1.